The molecule has 1 aromatic rings. The van der Waals surface area contributed by atoms with Crippen molar-refractivity contribution in [2.24, 2.45) is 17.8 Å². The van der Waals surface area contributed by atoms with Gasteiger partial charge in [-0.1, -0.05) is 0 Å². The lowest BCUT2D eigenvalue weighted by Gasteiger charge is -2.42. The van der Waals surface area contributed by atoms with Crippen molar-refractivity contribution in [3.8, 4) is 11.5 Å². The standard InChI is InChI=1S/C21H29NO3S2/c1-3-24-18-8-7-17(13-19(18)25-4-2)22-20(23)14-11-15-5-6-16(12-14)21(15)26-9-10-27-21/h7-8,13-16H,3-6,9-12H2,1-2H3,(H,22,23). The number of hydrogen-bond acceptors (Lipinski definition) is 5. The zero-order valence-corrected chi connectivity index (χ0v) is 17.8. The summed E-state index contributed by atoms with van der Waals surface area (Å²) < 4.78 is 11.7. The SMILES string of the molecule is CCOc1ccc(NC(=O)C2CC3CCC(C2)C32SCCS2)cc1OCC. The second-order valence-electron chi connectivity index (χ2n) is 7.57. The summed E-state index contributed by atoms with van der Waals surface area (Å²) in [5.41, 5.74) is 0.796. The van der Waals surface area contributed by atoms with Crippen LogP contribution >= 0.6 is 23.5 Å². The molecule has 148 valence electrons. The Balaban J connectivity index is 1.43. The Morgan fingerprint density at radius 2 is 1.70 bits per heavy atom. The monoisotopic (exact) mass is 407 g/mol. The fourth-order valence-electron chi connectivity index (χ4n) is 4.99. The summed E-state index contributed by atoms with van der Waals surface area (Å²) in [6.45, 7) is 5.07. The maximum atomic E-state index is 13.0. The number of rotatable bonds is 6. The van der Waals surface area contributed by atoms with Crippen LogP contribution in [0.25, 0.3) is 0 Å². The topological polar surface area (TPSA) is 47.6 Å². The molecule has 1 aromatic carbocycles. The average Bonchev–Trinajstić information content (AvgIpc) is 3.19. The molecule has 1 spiro atoms. The highest BCUT2D eigenvalue weighted by Gasteiger charge is 2.57. The second kappa shape index (κ2) is 8.16. The fourth-order valence-corrected chi connectivity index (χ4v) is 8.93. The Hall–Kier alpha value is -1.01. The molecular formula is C21H29NO3S2. The highest BCUT2D eigenvalue weighted by atomic mass is 32.2. The van der Waals surface area contributed by atoms with E-state index in [1.165, 1.54) is 24.3 Å². The molecule has 2 saturated carbocycles. The van der Waals surface area contributed by atoms with Crippen molar-refractivity contribution >= 4 is 35.1 Å². The van der Waals surface area contributed by atoms with Gasteiger partial charge in [-0.05, 0) is 63.5 Å². The Morgan fingerprint density at radius 3 is 2.33 bits per heavy atom. The van der Waals surface area contributed by atoms with Crippen LogP contribution in [0.5, 0.6) is 11.5 Å². The first kappa shape index (κ1) is 19.3. The average molecular weight is 408 g/mol. The van der Waals surface area contributed by atoms with Crippen molar-refractivity contribution in [2.75, 3.05) is 30.0 Å². The predicted molar refractivity (Wildman–Crippen MR) is 114 cm³/mol. The van der Waals surface area contributed by atoms with E-state index in [9.17, 15) is 4.79 Å². The van der Waals surface area contributed by atoms with Gasteiger partial charge in [0.2, 0.25) is 5.91 Å². The van der Waals surface area contributed by atoms with Gasteiger partial charge in [0.15, 0.2) is 11.5 Å². The molecule has 4 nitrogen and oxygen atoms in total. The van der Waals surface area contributed by atoms with Crippen LogP contribution in [0.3, 0.4) is 0 Å². The first-order valence-corrected chi connectivity index (χ1v) is 12.1. The van der Waals surface area contributed by atoms with Gasteiger partial charge in [0.05, 0.1) is 17.3 Å². The minimum Gasteiger partial charge on any atom is -0.490 e. The molecule has 3 aliphatic rings. The van der Waals surface area contributed by atoms with E-state index in [0.717, 1.165) is 24.3 Å². The number of benzene rings is 1. The van der Waals surface area contributed by atoms with E-state index in [0.29, 0.717) is 34.9 Å². The van der Waals surface area contributed by atoms with E-state index in [1.807, 2.05) is 32.0 Å². The number of amides is 1. The zero-order valence-electron chi connectivity index (χ0n) is 16.2. The van der Waals surface area contributed by atoms with Crippen molar-refractivity contribution in [1.82, 2.24) is 0 Å². The fraction of sp³-hybridized carbons (Fsp3) is 0.667. The molecule has 4 rings (SSSR count). The molecule has 1 N–H and O–H groups in total. The lowest BCUT2D eigenvalue weighted by molar-refractivity contribution is -0.121. The largest absolute Gasteiger partial charge is 0.490 e. The predicted octanol–water partition coefficient (Wildman–Crippen LogP) is 5.04. The van der Waals surface area contributed by atoms with E-state index in [2.05, 4.69) is 28.8 Å². The van der Waals surface area contributed by atoms with Gasteiger partial charge in [0.1, 0.15) is 0 Å². The van der Waals surface area contributed by atoms with Crippen molar-refractivity contribution in [3.63, 3.8) is 0 Å². The summed E-state index contributed by atoms with van der Waals surface area (Å²) in [7, 11) is 0. The summed E-state index contributed by atoms with van der Waals surface area (Å²) in [5.74, 6) is 5.68. The van der Waals surface area contributed by atoms with Gasteiger partial charge >= 0.3 is 0 Å². The van der Waals surface area contributed by atoms with Crippen LogP contribution in [0.4, 0.5) is 5.69 Å². The van der Waals surface area contributed by atoms with Gasteiger partial charge in [0.25, 0.3) is 0 Å². The van der Waals surface area contributed by atoms with Gasteiger partial charge in [-0.2, -0.15) is 0 Å². The minimum absolute atomic E-state index is 0.136. The van der Waals surface area contributed by atoms with E-state index >= 15 is 0 Å². The molecule has 2 bridgehead atoms. The van der Waals surface area contributed by atoms with Gasteiger partial charge in [0, 0.05) is 29.2 Å². The molecule has 0 aromatic heterocycles. The highest BCUT2D eigenvalue weighted by Crippen LogP contribution is 2.65. The third kappa shape index (κ3) is 3.67. The third-order valence-corrected chi connectivity index (χ3v) is 10.1. The first-order chi connectivity index (χ1) is 13.2. The number of nitrogens with one attached hydrogen (secondary N) is 1. The van der Waals surface area contributed by atoms with Crippen LogP contribution in [0.15, 0.2) is 18.2 Å². The van der Waals surface area contributed by atoms with Crippen molar-refractivity contribution in [3.05, 3.63) is 18.2 Å². The Kier molecular flexibility index (Phi) is 5.83. The summed E-state index contributed by atoms with van der Waals surface area (Å²) >= 11 is 4.35. The normalized spacial score (nSPS) is 28.3. The maximum Gasteiger partial charge on any atom is 0.227 e. The van der Waals surface area contributed by atoms with Crippen molar-refractivity contribution in [1.29, 1.82) is 0 Å². The zero-order chi connectivity index (χ0) is 18.9. The molecule has 0 radical (unpaired) electrons. The molecule has 1 saturated heterocycles. The molecule has 27 heavy (non-hydrogen) atoms. The van der Waals surface area contributed by atoms with E-state index in [-0.39, 0.29) is 11.8 Å². The van der Waals surface area contributed by atoms with Gasteiger partial charge < -0.3 is 14.8 Å². The van der Waals surface area contributed by atoms with Gasteiger partial charge in [-0.25, -0.2) is 0 Å². The van der Waals surface area contributed by atoms with Crippen molar-refractivity contribution < 1.29 is 14.3 Å². The van der Waals surface area contributed by atoms with E-state index in [4.69, 9.17) is 9.47 Å². The lowest BCUT2D eigenvalue weighted by Crippen LogP contribution is -2.41. The molecule has 1 amide bonds. The molecule has 2 aliphatic carbocycles. The molecule has 3 fully saturated rings. The number of anilines is 1. The number of hydrogen-bond donors (Lipinski definition) is 1. The van der Waals surface area contributed by atoms with Crippen LogP contribution in [0.2, 0.25) is 0 Å². The van der Waals surface area contributed by atoms with Crippen LogP contribution in [0.1, 0.15) is 39.5 Å². The summed E-state index contributed by atoms with van der Waals surface area (Å²) in [5, 5.41) is 3.14. The molecular weight excluding hydrogens is 378 g/mol. The lowest BCUT2D eigenvalue weighted by atomic mass is 9.79. The van der Waals surface area contributed by atoms with Gasteiger partial charge in [-0.3, -0.25) is 4.79 Å². The van der Waals surface area contributed by atoms with Gasteiger partial charge in [-0.15, -0.1) is 23.5 Å². The Labute approximate surface area is 170 Å². The summed E-state index contributed by atoms with van der Waals surface area (Å²) in [6, 6.07) is 5.68. The third-order valence-electron chi connectivity index (χ3n) is 6.06. The van der Waals surface area contributed by atoms with Crippen LogP contribution in [0, 0.1) is 17.8 Å². The first-order valence-electron chi connectivity index (χ1n) is 10.1. The maximum absolute atomic E-state index is 13.0. The molecule has 2 unspecified atom stereocenters. The summed E-state index contributed by atoms with van der Waals surface area (Å²) in [6.07, 6.45) is 4.67. The van der Waals surface area contributed by atoms with Crippen LogP contribution in [-0.4, -0.2) is 34.7 Å². The quantitative estimate of drug-likeness (QED) is 0.716. The highest BCUT2D eigenvalue weighted by molar-refractivity contribution is 8.21. The number of thioether (sulfide) groups is 2. The van der Waals surface area contributed by atoms with Crippen LogP contribution < -0.4 is 14.8 Å². The van der Waals surface area contributed by atoms with Crippen LogP contribution in [-0.2, 0) is 4.79 Å². The van der Waals surface area contributed by atoms with E-state index < -0.39 is 0 Å². The molecule has 1 heterocycles. The molecule has 1 aliphatic heterocycles. The van der Waals surface area contributed by atoms with E-state index in [1.54, 1.807) is 0 Å². The number of carbonyl (C=O) groups is 1. The second-order valence-corrected chi connectivity index (χ2v) is 10.6. The van der Waals surface area contributed by atoms with Crippen molar-refractivity contribution in [2.45, 2.75) is 43.6 Å². The minimum atomic E-state index is 0.136. The Bertz CT molecular complexity index is 674. The summed E-state index contributed by atoms with van der Waals surface area (Å²) in [4.78, 5) is 13.0. The number of carbonyl (C=O) groups excluding carboxylic acids is 1. The number of ether oxygens (including phenoxy) is 2. The molecule has 6 heteroatoms. The Morgan fingerprint density at radius 1 is 1.07 bits per heavy atom. The smallest absolute Gasteiger partial charge is 0.227 e. The molecule has 2 atom stereocenters.